The standard InChI is InChI=1S/C24H30N2O7/c27-22(28)11-14-26(24(31)33-18-20-9-5-2-6-10-20)15-13-25-21(23(29)30)12-16-32-17-19-7-3-1-4-8-19/h1-10,21,25H,11-18H2,(H,27,28)(H,29,30). The summed E-state index contributed by atoms with van der Waals surface area (Å²) in [5.41, 5.74) is 1.81. The van der Waals surface area contributed by atoms with Gasteiger partial charge in [-0.2, -0.15) is 0 Å². The molecule has 0 aliphatic carbocycles. The minimum atomic E-state index is -1.04. The molecule has 0 bridgehead atoms. The molecule has 2 aromatic carbocycles. The molecule has 0 fully saturated rings. The Kier molecular flexibility index (Phi) is 11.4. The Morgan fingerprint density at radius 1 is 0.879 bits per heavy atom. The molecule has 0 radical (unpaired) electrons. The lowest BCUT2D eigenvalue weighted by Crippen LogP contribution is -2.44. The minimum absolute atomic E-state index is 0.0391. The van der Waals surface area contributed by atoms with Crippen molar-refractivity contribution >= 4 is 18.0 Å². The van der Waals surface area contributed by atoms with E-state index in [9.17, 15) is 19.5 Å². The highest BCUT2D eigenvalue weighted by Crippen LogP contribution is 2.05. The van der Waals surface area contributed by atoms with Crippen LogP contribution in [0.2, 0.25) is 0 Å². The van der Waals surface area contributed by atoms with E-state index in [1.54, 1.807) is 0 Å². The third-order valence-electron chi connectivity index (χ3n) is 4.79. The van der Waals surface area contributed by atoms with Gasteiger partial charge in [-0.3, -0.25) is 9.59 Å². The first-order valence-electron chi connectivity index (χ1n) is 10.7. The van der Waals surface area contributed by atoms with E-state index < -0.39 is 24.1 Å². The number of carboxylic acids is 2. The summed E-state index contributed by atoms with van der Waals surface area (Å²) in [6.07, 6.45) is -0.647. The van der Waals surface area contributed by atoms with E-state index in [0.717, 1.165) is 11.1 Å². The monoisotopic (exact) mass is 458 g/mol. The molecule has 3 N–H and O–H groups in total. The van der Waals surface area contributed by atoms with E-state index in [1.165, 1.54) is 4.90 Å². The van der Waals surface area contributed by atoms with Crippen molar-refractivity contribution in [2.45, 2.75) is 32.1 Å². The molecule has 0 saturated heterocycles. The van der Waals surface area contributed by atoms with Crippen molar-refractivity contribution < 1.29 is 34.1 Å². The van der Waals surface area contributed by atoms with Gasteiger partial charge < -0.3 is 29.9 Å². The average molecular weight is 459 g/mol. The Morgan fingerprint density at radius 2 is 1.48 bits per heavy atom. The van der Waals surface area contributed by atoms with Gasteiger partial charge in [0.15, 0.2) is 0 Å². The maximum atomic E-state index is 12.4. The summed E-state index contributed by atoms with van der Waals surface area (Å²) in [6, 6.07) is 17.8. The maximum absolute atomic E-state index is 12.4. The summed E-state index contributed by atoms with van der Waals surface area (Å²) in [5, 5.41) is 21.3. The molecule has 2 rings (SSSR count). The summed E-state index contributed by atoms with van der Waals surface area (Å²) in [7, 11) is 0. The highest BCUT2D eigenvalue weighted by Gasteiger charge is 2.20. The van der Waals surface area contributed by atoms with Crippen molar-refractivity contribution in [3.8, 4) is 0 Å². The first-order chi connectivity index (χ1) is 16.0. The number of carboxylic acid groups (broad SMARTS) is 2. The van der Waals surface area contributed by atoms with Crippen LogP contribution in [0.15, 0.2) is 60.7 Å². The van der Waals surface area contributed by atoms with E-state index in [0.29, 0.717) is 6.61 Å². The van der Waals surface area contributed by atoms with E-state index >= 15 is 0 Å². The largest absolute Gasteiger partial charge is 0.481 e. The second-order valence-corrected chi connectivity index (χ2v) is 7.34. The Bertz CT molecular complexity index is 862. The van der Waals surface area contributed by atoms with Crippen LogP contribution in [-0.2, 0) is 32.3 Å². The van der Waals surface area contributed by atoms with E-state index in [2.05, 4.69) is 5.32 Å². The predicted octanol–water partition coefficient (Wildman–Crippen LogP) is 2.75. The van der Waals surface area contributed by atoms with Gasteiger partial charge in [0.25, 0.3) is 0 Å². The van der Waals surface area contributed by atoms with Crippen LogP contribution < -0.4 is 5.32 Å². The Hall–Kier alpha value is -3.43. The molecule has 0 aromatic heterocycles. The molecule has 0 aliphatic rings. The Labute approximate surface area is 192 Å². The first kappa shape index (κ1) is 25.8. The molecule has 0 saturated carbocycles. The molecule has 0 spiro atoms. The fourth-order valence-electron chi connectivity index (χ4n) is 2.99. The number of amides is 1. The van der Waals surface area contributed by atoms with Gasteiger partial charge in [0.05, 0.1) is 13.0 Å². The number of benzene rings is 2. The number of carbonyl (C=O) groups is 3. The Morgan fingerprint density at radius 3 is 2.06 bits per heavy atom. The molecule has 9 nitrogen and oxygen atoms in total. The lowest BCUT2D eigenvalue weighted by atomic mass is 10.2. The third-order valence-corrected chi connectivity index (χ3v) is 4.79. The molecule has 1 unspecified atom stereocenters. The molecule has 33 heavy (non-hydrogen) atoms. The summed E-state index contributed by atoms with van der Waals surface area (Å²) in [6.45, 7) is 0.936. The van der Waals surface area contributed by atoms with Crippen LogP contribution in [-0.4, -0.2) is 65.4 Å². The van der Waals surface area contributed by atoms with Crippen LogP contribution in [0.4, 0.5) is 4.79 Å². The van der Waals surface area contributed by atoms with Crippen LogP contribution in [0.1, 0.15) is 24.0 Å². The maximum Gasteiger partial charge on any atom is 0.410 e. The van der Waals surface area contributed by atoms with Gasteiger partial charge in [-0.1, -0.05) is 60.7 Å². The number of ether oxygens (including phenoxy) is 2. The van der Waals surface area contributed by atoms with Gasteiger partial charge in [-0.05, 0) is 17.5 Å². The van der Waals surface area contributed by atoms with Crippen molar-refractivity contribution in [3.63, 3.8) is 0 Å². The molecule has 0 heterocycles. The first-order valence-corrected chi connectivity index (χ1v) is 10.7. The van der Waals surface area contributed by atoms with Crippen molar-refractivity contribution in [3.05, 3.63) is 71.8 Å². The fraction of sp³-hybridized carbons (Fsp3) is 0.375. The zero-order valence-electron chi connectivity index (χ0n) is 18.4. The quantitative estimate of drug-likeness (QED) is 0.348. The Balaban J connectivity index is 1.78. The number of nitrogens with one attached hydrogen (secondary N) is 1. The molecule has 178 valence electrons. The van der Waals surface area contributed by atoms with Crippen LogP contribution in [0.3, 0.4) is 0 Å². The van der Waals surface area contributed by atoms with Crippen molar-refractivity contribution in [2.75, 3.05) is 26.2 Å². The second kappa shape index (κ2) is 14.6. The normalized spacial score (nSPS) is 11.5. The molecule has 0 aliphatic heterocycles. The zero-order chi connectivity index (χ0) is 23.9. The number of hydrogen-bond acceptors (Lipinski definition) is 6. The second-order valence-electron chi connectivity index (χ2n) is 7.34. The fourth-order valence-corrected chi connectivity index (χ4v) is 2.99. The number of nitrogens with zero attached hydrogens (tertiary/aromatic N) is 1. The highest BCUT2D eigenvalue weighted by molar-refractivity contribution is 5.73. The van der Waals surface area contributed by atoms with Crippen LogP contribution in [0, 0.1) is 0 Å². The summed E-state index contributed by atoms with van der Waals surface area (Å²) in [5.74, 6) is -2.06. The van der Waals surface area contributed by atoms with Crippen LogP contribution in [0.25, 0.3) is 0 Å². The molecule has 1 atom stereocenters. The lowest BCUT2D eigenvalue weighted by molar-refractivity contribution is -0.140. The summed E-state index contributed by atoms with van der Waals surface area (Å²) >= 11 is 0. The van der Waals surface area contributed by atoms with Gasteiger partial charge in [0.2, 0.25) is 0 Å². The van der Waals surface area contributed by atoms with Crippen molar-refractivity contribution in [2.24, 2.45) is 0 Å². The lowest BCUT2D eigenvalue weighted by Gasteiger charge is -2.23. The van der Waals surface area contributed by atoms with Gasteiger partial charge in [-0.15, -0.1) is 0 Å². The van der Waals surface area contributed by atoms with Crippen molar-refractivity contribution in [1.29, 1.82) is 0 Å². The number of aliphatic carboxylic acids is 2. The van der Waals surface area contributed by atoms with Gasteiger partial charge in [0, 0.05) is 26.2 Å². The molecule has 9 heteroatoms. The van der Waals surface area contributed by atoms with E-state index in [1.807, 2.05) is 60.7 Å². The van der Waals surface area contributed by atoms with Gasteiger partial charge >= 0.3 is 18.0 Å². The minimum Gasteiger partial charge on any atom is -0.481 e. The summed E-state index contributed by atoms with van der Waals surface area (Å²) in [4.78, 5) is 36.2. The predicted molar refractivity (Wildman–Crippen MR) is 121 cm³/mol. The molecule has 2 aromatic rings. The number of rotatable bonds is 15. The molecular weight excluding hydrogens is 428 g/mol. The van der Waals surface area contributed by atoms with Crippen LogP contribution >= 0.6 is 0 Å². The highest BCUT2D eigenvalue weighted by atomic mass is 16.6. The summed E-state index contributed by atoms with van der Waals surface area (Å²) < 4.78 is 10.8. The SMILES string of the molecule is O=C(O)CCN(CCNC(CCOCc1ccccc1)C(=O)O)C(=O)OCc1ccccc1. The van der Waals surface area contributed by atoms with Gasteiger partial charge in [0.1, 0.15) is 12.6 Å². The number of carbonyl (C=O) groups excluding carboxylic acids is 1. The molecule has 1 amide bonds. The van der Waals surface area contributed by atoms with E-state index in [-0.39, 0.29) is 45.7 Å². The van der Waals surface area contributed by atoms with Crippen molar-refractivity contribution in [1.82, 2.24) is 10.2 Å². The third kappa shape index (κ3) is 10.6. The topological polar surface area (TPSA) is 125 Å². The zero-order valence-corrected chi connectivity index (χ0v) is 18.4. The van der Waals surface area contributed by atoms with Crippen LogP contribution in [0.5, 0.6) is 0 Å². The smallest absolute Gasteiger partial charge is 0.410 e. The number of hydrogen-bond donors (Lipinski definition) is 3. The average Bonchev–Trinajstić information content (AvgIpc) is 2.82. The van der Waals surface area contributed by atoms with E-state index in [4.69, 9.17) is 14.6 Å². The molecular formula is C24H30N2O7. The van der Waals surface area contributed by atoms with Gasteiger partial charge in [-0.25, -0.2) is 4.79 Å².